The van der Waals surface area contributed by atoms with Gasteiger partial charge in [0.05, 0.1) is 10.4 Å². The number of carbonyl (C=O) groups is 1. The minimum absolute atomic E-state index is 0.0983. The summed E-state index contributed by atoms with van der Waals surface area (Å²) in [6.07, 6.45) is 7.67. The molecule has 0 atom stereocenters. The van der Waals surface area contributed by atoms with Crippen LogP contribution >= 0.6 is 23.1 Å². The van der Waals surface area contributed by atoms with Gasteiger partial charge in [-0.05, 0) is 68.7 Å². The lowest BCUT2D eigenvalue weighted by Gasteiger charge is -2.11. The van der Waals surface area contributed by atoms with Gasteiger partial charge in [-0.3, -0.25) is 4.79 Å². The molecule has 2 heterocycles. The van der Waals surface area contributed by atoms with E-state index < -0.39 is 0 Å². The molecule has 0 aliphatic heterocycles. The van der Waals surface area contributed by atoms with Gasteiger partial charge in [0.1, 0.15) is 5.03 Å². The van der Waals surface area contributed by atoms with E-state index in [9.17, 15) is 4.79 Å². The molecule has 0 bridgehead atoms. The van der Waals surface area contributed by atoms with Gasteiger partial charge in [-0.1, -0.05) is 45.6 Å². The number of thiophene rings is 1. The summed E-state index contributed by atoms with van der Waals surface area (Å²) in [4.78, 5) is 20.7. The fourth-order valence-electron chi connectivity index (χ4n) is 3.01. The standard InChI is InChI=1S/C23H34N2OS2/c1-18(2)20-14-13-19(22(26)21-12-11-17-27-21)23(24-20)28-16-10-8-6-5-7-9-15-25(3)4/h11-14,17-18H,5-10,15-16H2,1-4H3/i3-1. The van der Waals surface area contributed by atoms with E-state index in [1.54, 1.807) is 11.8 Å². The molecule has 0 fully saturated rings. The van der Waals surface area contributed by atoms with Crippen molar-refractivity contribution in [1.29, 1.82) is 0 Å². The summed E-state index contributed by atoms with van der Waals surface area (Å²) in [6, 6.07) is 7.80. The second kappa shape index (κ2) is 12.4. The quantitative estimate of drug-likeness (QED) is 0.212. The van der Waals surface area contributed by atoms with Gasteiger partial charge in [0.2, 0.25) is 5.78 Å². The molecule has 5 heteroatoms. The fourth-order valence-corrected chi connectivity index (χ4v) is 4.71. The molecule has 0 aliphatic carbocycles. The van der Waals surface area contributed by atoms with Gasteiger partial charge in [0.15, 0.2) is 0 Å². The molecule has 154 valence electrons. The Kier molecular flexibility index (Phi) is 10.2. The summed E-state index contributed by atoms with van der Waals surface area (Å²) in [6.45, 7) is 5.48. The van der Waals surface area contributed by atoms with Crippen LogP contribution in [-0.2, 0) is 0 Å². The van der Waals surface area contributed by atoms with Crippen LogP contribution in [0.4, 0.5) is 0 Å². The molecule has 3 nitrogen and oxygen atoms in total. The minimum Gasteiger partial charge on any atom is -0.309 e. The summed E-state index contributed by atoms with van der Waals surface area (Å²) in [5.41, 5.74) is 1.81. The molecule has 2 rings (SSSR count). The van der Waals surface area contributed by atoms with Crippen LogP contribution in [0.3, 0.4) is 0 Å². The number of hydrogen-bond acceptors (Lipinski definition) is 5. The summed E-state index contributed by atoms with van der Waals surface area (Å²) in [7, 11) is 4.27. The van der Waals surface area contributed by atoms with Crippen LogP contribution in [-0.4, -0.2) is 42.1 Å². The highest BCUT2D eigenvalue weighted by atomic mass is 32.2. The Morgan fingerprint density at radius 3 is 2.43 bits per heavy atom. The molecule has 2 aromatic heterocycles. The van der Waals surface area contributed by atoms with E-state index in [0.717, 1.165) is 26.9 Å². The molecule has 0 unspecified atom stereocenters. The third kappa shape index (κ3) is 7.69. The zero-order valence-electron chi connectivity index (χ0n) is 17.7. The lowest BCUT2D eigenvalue weighted by Crippen LogP contribution is -2.12. The highest BCUT2D eigenvalue weighted by molar-refractivity contribution is 7.99. The predicted molar refractivity (Wildman–Crippen MR) is 123 cm³/mol. The molecule has 0 radical (unpaired) electrons. The van der Waals surface area contributed by atoms with Gasteiger partial charge in [-0.15, -0.1) is 23.1 Å². The maximum absolute atomic E-state index is 12.8. The van der Waals surface area contributed by atoms with Crippen molar-refractivity contribution in [2.24, 2.45) is 0 Å². The molecular formula is C23H34N2OS2. The normalized spacial score (nSPS) is 11.5. The predicted octanol–water partition coefficient (Wildman–Crippen LogP) is 6.49. The smallest absolute Gasteiger partial charge is 0.205 e. The average molecular weight is 418 g/mol. The molecule has 0 aromatic carbocycles. The SMILES string of the molecule is CC(C)c1ccc(C(=O)c2cccs2)c(SCCCCCCCCN(C)[11CH3])n1. The van der Waals surface area contributed by atoms with E-state index in [4.69, 9.17) is 4.98 Å². The Balaban J connectivity index is 1.85. The number of hydrogen-bond donors (Lipinski definition) is 0. The van der Waals surface area contributed by atoms with Crippen molar-refractivity contribution in [2.45, 2.75) is 63.3 Å². The van der Waals surface area contributed by atoms with E-state index in [-0.39, 0.29) is 5.78 Å². The first-order valence-electron chi connectivity index (χ1n) is 10.4. The van der Waals surface area contributed by atoms with Crippen molar-refractivity contribution < 1.29 is 4.79 Å². The molecule has 0 saturated heterocycles. The number of thioether (sulfide) groups is 1. The summed E-state index contributed by atoms with van der Waals surface area (Å²) < 4.78 is 0. The van der Waals surface area contributed by atoms with Crippen molar-refractivity contribution in [1.82, 2.24) is 9.88 Å². The van der Waals surface area contributed by atoms with Crippen molar-refractivity contribution in [3.8, 4) is 0 Å². The van der Waals surface area contributed by atoms with Crippen LogP contribution < -0.4 is 0 Å². The molecule has 0 N–H and O–H groups in total. The van der Waals surface area contributed by atoms with Crippen LogP contribution in [0.2, 0.25) is 0 Å². The number of carbonyl (C=O) groups excluding carboxylic acids is 1. The molecule has 28 heavy (non-hydrogen) atoms. The zero-order valence-corrected chi connectivity index (χ0v) is 19.4. The number of ketones is 1. The average Bonchev–Trinajstić information content (AvgIpc) is 3.20. The van der Waals surface area contributed by atoms with Crippen LogP contribution in [0.1, 0.15) is 79.2 Å². The first-order valence-corrected chi connectivity index (χ1v) is 12.2. The van der Waals surface area contributed by atoms with Crippen LogP contribution in [0.25, 0.3) is 0 Å². The third-order valence-corrected chi connectivity index (χ3v) is 6.65. The number of rotatable bonds is 13. The zero-order chi connectivity index (χ0) is 20.4. The Labute approximate surface area is 179 Å². The lowest BCUT2D eigenvalue weighted by molar-refractivity contribution is 0.103. The van der Waals surface area contributed by atoms with E-state index in [1.165, 1.54) is 56.4 Å². The molecule has 0 amide bonds. The number of nitrogens with zero attached hydrogens (tertiary/aromatic N) is 2. The van der Waals surface area contributed by atoms with E-state index in [1.807, 2.05) is 29.6 Å². The Morgan fingerprint density at radius 2 is 1.79 bits per heavy atom. The van der Waals surface area contributed by atoms with Crippen molar-refractivity contribution >= 4 is 28.9 Å². The Bertz CT molecular complexity index is 711. The topological polar surface area (TPSA) is 33.2 Å². The maximum Gasteiger partial charge on any atom is 0.205 e. The van der Waals surface area contributed by atoms with E-state index in [0.29, 0.717) is 5.92 Å². The first-order chi connectivity index (χ1) is 13.5. The van der Waals surface area contributed by atoms with Gasteiger partial charge >= 0.3 is 0 Å². The number of aromatic nitrogens is 1. The Hall–Kier alpha value is -1.17. The molecule has 2 aromatic rings. The third-order valence-electron chi connectivity index (χ3n) is 4.70. The second-order valence-electron chi connectivity index (χ2n) is 7.82. The molecule has 0 saturated carbocycles. The van der Waals surface area contributed by atoms with Crippen molar-refractivity contribution in [3.05, 3.63) is 45.8 Å². The molecule has 0 spiro atoms. The molecular weight excluding hydrogens is 383 g/mol. The monoisotopic (exact) mass is 417 g/mol. The lowest BCUT2D eigenvalue weighted by atomic mass is 10.1. The Morgan fingerprint density at radius 1 is 1.07 bits per heavy atom. The van der Waals surface area contributed by atoms with Gasteiger partial charge in [-0.25, -0.2) is 4.98 Å². The molecule has 0 aliphatic rings. The fraction of sp³-hybridized carbons (Fsp3) is 0.565. The van der Waals surface area contributed by atoms with E-state index >= 15 is 0 Å². The van der Waals surface area contributed by atoms with E-state index in [2.05, 4.69) is 32.8 Å². The highest BCUT2D eigenvalue weighted by Gasteiger charge is 2.17. The number of unbranched alkanes of at least 4 members (excludes halogenated alkanes) is 5. The van der Waals surface area contributed by atoms with Gasteiger partial charge < -0.3 is 4.90 Å². The first kappa shape index (κ1) is 23.1. The summed E-state index contributed by atoms with van der Waals surface area (Å²) >= 11 is 3.24. The summed E-state index contributed by atoms with van der Waals surface area (Å²) in [5, 5.41) is 2.85. The maximum atomic E-state index is 12.8. The largest absolute Gasteiger partial charge is 0.309 e. The van der Waals surface area contributed by atoms with Crippen molar-refractivity contribution in [2.75, 3.05) is 26.4 Å². The number of pyridine rings is 1. The van der Waals surface area contributed by atoms with Crippen LogP contribution in [0.5, 0.6) is 0 Å². The van der Waals surface area contributed by atoms with Gasteiger partial charge in [-0.2, -0.15) is 0 Å². The van der Waals surface area contributed by atoms with Gasteiger partial charge in [0.25, 0.3) is 0 Å². The highest BCUT2D eigenvalue weighted by Crippen LogP contribution is 2.28. The van der Waals surface area contributed by atoms with Crippen molar-refractivity contribution in [3.63, 3.8) is 0 Å². The minimum atomic E-state index is 0.0983. The van der Waals surface area contributed by atoms with Crippen LogP contribution in [0, 0.1) is 0 Å². The second-order valence-corrected chi connectivity index (χ2v) is 9.85. The summed E-state index contributed by atoms with van der Waals surface area (Å²) in [5.74, 6) is 1.49. The van der Waals surface area contributed by atoms with Gasteiger partial charge in [0, 0.05) is 5.69 Å². The van der Waals surface area contributed by atoms with Crippen LogP contribution in [0.15, 0.2) is 34.7 Å².